The smallest absolute Gasteiger partial charge is 0.269 e. The second-order valence-electron chi connectivity index (χ2n) is 3.27. The van der Waals surface area contributed by atoms with E-state index >= 15 is 0 Å². The average molecular weight is 201 g/mol. The Bertz CT molecular complexity index is 478. The van der Waals surface area contributed by atoms with Crippen molar-refractivity contribution in [3.05, 3.63) is 58.3 Å². The molecule has 0 unspecified atom stereocenters. The lowest BCUT2D eigenvalue weighted by Gasteiger charge is -1.99. The van der Waals surface area contributed by atoms with Gasteiger partial charge in [0.1, 0.15) is 12.0 Å². The monoisotopic (exact) mass is 201 g/mol. The Balaban J connectivity index is 2.02. The lowest BCUT2D eigenvalue weighted by molar-refractivity contribution is 0.789. The molecule has 0 spiro atoms. The Labute approximate surface area is 87.0 Å². The van der Waals surface area contributed by atoms with Gasteiger partial charge in [0.05, 0.1) is 0 Å². The largest absolute Gasteiger partial charge is 0.308 e. The summed E-state index contributed by atoms with van der Waals surface area (Å²) in [7, 11) is 0. The summed E-state index contributed by atoms with van der Waals surface area (Å²) in [4.78, 5) is 13.6. The van der Waals surface area contributed by atoms with Crippen LogP contribution in [0.25, 0.3) is 0 Å². The molecule has 1 N–H and O–H groups in total. The molecule has 0 aliphatic rings. The van der Waals surface area contributed by atoms with Crippen molar-refractivity contribution in [2.24, 2.45) is 0 Å². The van der Waals surface area contributed by atoms with Crippen molar-refractivity contribution in [1.29, 1.82) is 0 Å². The van der Waals surface area contributed by atoms with Crippen LogP contribution in [0.5, 0.6) is 0 Å². The third-order valence-corrected chi connectivity index (χ3v) is 2.11. The molecule has 0 fully saturated rings. The lowest BCUT2D eigenvalue weighted by Crippen LogP contribution is -2.11. The van der Waals surface area contributed by atoms with Crippen LogP contribution in [-0.4, -0.2) is 15.2 Å². The minimum atomic E-state index is -0.201. The van der Waals surface area contributed by atoms with Crippen LogP contribution in [-0.2, 0) is 12.8 Å². The molecular weight excluding hydrogens is 190 g/mol. The van der Waals surface area contributed by atoms with Gasteiger partial charge in [0, 0.05) is 6.42 Å². The van der Waals surface area contributed by atoms with Crippen molar-refractivity contribution < 1.29 is 0 Å². The summed E-state index contributed by atoms with van der Waals surface area (Å²) in [5, 5.41) is 7.45. The number of aromatic nitrogens is 3. The van der Waals surface area contributed by atoms with Crippen LogP contribution < -0.4 is 5.56 Å². The van der Waals surface area contributed by atoms with Gasteiger partial charge < -0.3 is 4.98 Å². The Morgan fingerprint density at radius 3 is 2.67 bits per heavy atom. The molecule has 2 rings (SSSR count). The fourth-order valence-electron chi connectivity index (χ4n) is 1.37. The Morgan fingerprint density at radius 1 is 1.13 bits per heavy atom. The van der Waals surface area contributed by atoms with Gasteiger partial charge in [0.15, 0.2) is 0 Å². The van der Waals surface area contributed by atoms with Gasteiger partial charge in [-0.2, -0.15) is 5.10 Å². The van der Waals surface area contributed by atoms with Gasteiger partial charge in [-0.1, -0.05) is 30.3 Å². The molecule has 0 atom stereocenters. The Hall–Kier alpha value is -1.97. The number of nitrogens with zero attached hydrogens (tertiary/aromatic N) is 2. The summed E-state index contributed by atoms with van der Waals surface area (Å²) in [5.74, 6) is 0.631. The maximum atomic E-state index is 10.9. The first-order valence-electron chi connectivity index (χ1n) is 4.79. The van der Waals surface area contributed by atoms with E-state index in [1.165, 1.54) is 11.8 Å². The van der Waals surface area contributed by atoms with Crippen LogP contribution in [0.3, 0.4) is 0 Å². The Kier molecular flexibility index (Phi) is 2.88. The number of hydrogen-bond acceptors (Lipinski definition) is 3. The summed E-state index contributed by atoms with van der Waals surface area (Å²) in [6.07, 6.45) is 2.73. The zero-order valence-electron chi connectivity index (χ0n) is 8.18. The molecule has 0 aliphatic heterocycles. The van der Waals surface area contributed by atoms with Gasteiger partial charge in [-0.05, 0) is 12.0 Å². The SMILES string of the molecule is O=c1cnnc(CCc2ccccc2)[nH]1. The first-order chi connectivity index (χ1) is 7.34. The fourth-order valence-corrected chi connectivity index (χ4v) is 1.37. The van der Waals surface area contributed by atoms with Crippen LogP contribution in [0.2, 0.25) is 0 Å². The van der Waals surface area contributed by atoms with Gasteiger partial charge in [-0.3, -0.25) is 4.79 Å². The van der Waals surface area contributed by atoms with Crippen molar-refractivity contribution in [3.63, 3.8) is 0 Å². The number of aryl methyl sites for hydroxylation is 2. The molecule has 2 aromatic rings. The molecule has 1 aromatic carbocycles. The second-order valence-corrected chi connectivity index (χ2v) is 3.27. The van der Waals surface area contributed by atoms with E-state index in [0.717, 1.165) is 6.42 Å². The molecule has 0 amide bonds. The summed E-state index contributed by atoms with van der Waals surface area (Å²) in [5.41, 5.74) is 1.03. The minimum Gasteiger partial charge on any atom is -0.308 e. The molecule has 4 nitrogen and oxygen atoms in total. The zero-order chi connectivity index (χ0) is 10.5. The van der Waals surface area contributed by atoms with Crippen molar-refractivity contribution in [1.82, 2.24) is 15.2 Å². The van der Waals surface area contributed by atoms with Gasteiger partial charge in [0.25, 0.3) is 5.56 Å². The number of nitrogens with one attached hydrogen (secondary N) is 1. The third-order valence-electron chi connectivity index (χ3n) is 2.11. The van der Waals surface area contributed by atoms with Crippen LogP contribution in [0, 0.1) is 0 Å². The molecule has 0 radical (unpaired) electrons. The third kappa shape index (κ3) is 2.74. The van der Waals surface area contributed by atoms with Crippen molar-refractivity contribution in [2.75, 3.05) is 0 Å². The van der Waals surface area contributed by atoms with E-state index in [1.54, 1.807) is 0 Å². The van der Waals surface area contributed by atoms with Gasteiger partial charge >= 0.3 is 0 Å². The molecule has 0 bridgehead atoms. The van der Waals surface area contributed by atoms with E-state index in [4.69, 9.17) is 0 Å². The fraction of sp³-hybridized carbons (Fsp3) is 0.182. The minimum absolute atomic E-state index is 0.201. The van der Waals surface area contributed by atoms with Crippen LogP contribution >= 0.6 is 0 Å². The zero-order valence-corrected chi connectivity index (χ0v) is 8.18. The highest BCUT2D eigenvalue weighted by atomic mass is 16.1. The quantitative estimate of drug-likeness (QED) is 0.804. The molecule has 0 aliphatic carbocycles. The van der Waals surface area contributed by atoms with Crippen LogP contribution in [0.1, 0.15) is 11.4 Å². The highest BCUT2D eigenvalue weighted by Gasteiger charge is 1.97. The highest BCUT2D eigenvalue weighted by molar-refractivity contribution is 5.15. The molecule has 1 aromatic heterocycles. The summed E-state index contributed by atoms with van der Waals surface area (Å²) >= 11 is 0. The summed E-state index contributed by atoms with van der Waals surface area (Å²) in [6, 6.07) is 10.1. The maximum absolute atomic E-state index is 10.9. The van der Waals surface area contributed by atoms with Gasteiger partial charge in [0.2, 0.25) is 0 Å². The number of hydrogen-bond donors (Lipinski definition) is 1. The topological polar surface area (TPSA) is 58.6 Å². The predicted octanol–water partition coefficient (Wildman–Crippen LogP) is 0.950. The van der Waals surface area contributed by atoms with Crippen molar-refractivity contribution >= 4 is 0 Å². The van der Waals surface area contributed by atoms with Crippen LogP contribution in [0.4, 0.5) is 0 Å². The standard InChI is InChI=1S/C11H11N3O/c15-11-8-12-14-10(13-11)7-6-9-4-2-1-3-5-9/h1-5,8H,6-7H2,(H,13,14,15). The normalized spacial score (nSPS) is 10.1. The van der Waals surface area contributed by atoms with E-state index < -0.39 is 0 Å². The first-order valence-corrected chi connectivity index (χ1v) is 4.79. The number of H-pyrrole nitrogens is 1. The van der Waals surface area contributed by atoms with E-state index in [1.807, 2.05) is 18.2 Å². The molecule has 76 valence electrons. The van der Waals surface area contributed by atoms with E-state index in [0.29, 0.717) is 12.2 Å². The number of aromatic amines is 1. The van der Waals surface area contributed by atoms with Gasteiger partial charge in [-0.25, -0.2) is 0 Å². The lowest BCUT2D eigenvalue weighted by atomic mass is 10.1. The number of benzene rings is 1. The van der Waals surface area contributed by atoms with E-state index in [-0.39, 0.29) is 5.56 Å². The Morgan fingerprint density at radius 2 is 1.93 bits per heavy atom. The van der Waals surface area contributed by atoms with Crippen molar-refractivity contribution in [3.8, 4) is 0 Å². The van der Waals surface area contributed by atoms with E-state index in [9.17, 15) is 4.79 Å². The van der Waals surface area contributed by atoms with Crippen molar-refractivity contribution in [2.45, 2.75) is 12.8 Å². The molecular formula is C11H11N3O. The van der Waals surface area contributed by atoms with Gasteiger partial charge in [-0.15, -0.1) is 5.10 Å². The molecule has 15 heavy (non-hydrogen) atoms. The summed E-state index contributed by atoms with van der Waals surface area (Å²) in [6.45, 7) is 0. The average Bonchev–Trinajstić information content (AvgIpc) is 2.28. The second kappa shape index (κ2) is 4.50. The number of rotatable bonds is 3. The molecule has 0 saturated carbocycles. The maximum Gasteiger partial charge on any atom is 0.269 e. The molecule has 4 heteroatoms. The molecule has 1 heterocycles. The first kappa shape index (κ1) is 9.58. The summed E-state index contributed by atoms with van der Waals surface area (Å²) < 4.78 is 0. The van der Waals surface area contributed by atoms with E-state index in [2.05, 4.69) is 27.3 Å². The molecule has 0 saturated heterocycles. The highest BCUT2D eigenvalue weighted by Crippen LogP contribution is 2.01. The van der Waals surface area contributed by atoms with Crippen LogP contribution in [0.15, 0.2) is 41.3 Å². The predicted molar refractivity (Wildman–Crippen MR) is 56.5 cm³/mol.